The van der Waals surface area contributed by atoms with E-state index >= 15 is 0 Å². The molecule has 0 spiro atoms. The Hall–Kier alpha value is -2.84. The Kier molecular flexibility index (Phi) is 59.5. The molecule has 3 unspecified atom stereocenters. The summed E-state index contributed by atoms with van der Waals surface area (Å²) in [7, 11) is 1.61. The molecule has 0 fully saturated rings. The summed E-state index contributed by atoms with van der Waals surface area (Å²) in [5.41, 5.74) is 0. The number of hydrogen-bond acceptors (Lipinski definition) is 5. The topological polar surface area (TPSA) is 105 Å². The van der Waals surface area contributed by atoms with Crippen LogP contribution in [0.5, 0.6) is 0 Å². The standard InChI is InChI=1S/C72H129N2O6P/c1-6-8-10-12-14-16-18-20-22-24-26-27-28-29-30-31-32-33-34-35-36-37-38-39-40-41-42-43-44-45-46-47-48-50-52-54-56-58-60-62-64-66-72(76)73-70(69-80-81(77,78)79-68-67-74(3,4)5)71(75)65-63-61-59-57-55-53-51-49-25-23-21-19-17-15-13-11-9-7-2/h8,10,14,16,20,22,26-27,29-30,32-33,35-36,38-39,41-42,70-71,75H,6-7,9,11-13,15,17-19,21,23-25,28,31,34,37,40,43-69H2,1-5H3,(H-,73,76,77,78)/p+1/b10-8-,16-14-,22-20-,27-26-,30-29-,33-32-,36-35-,39-38-,42-41-. The van der Waals surface area contributed by atoms with Crippen LogP contribution in [0.4, 0.5) is 0 Å². The maximum absolute atomic E-state index is 13.0. The van der Waals surface area contributed by atoms with Gasteiger partial charge in [0, 0.05) is 6.42 Å². The molecule has 81 heavy (non-hydrogen) atoms. The average Bonchev–Trinajstić information content (AvgIpc) is 3.43. The van der Waals surface area contributed by atoms with Crippen LogP contribution < -0.4 is 5.32 Å². The van der Waals surface area contributed by atoms with Gasteiger partial charge in [-0.05, 0) is 83.5 Å². The van der Waals surface area contributed by atoms with Crippen molar-refractivity contribution in [1.29, 1.82) is 0 Å². The van der Waals surface area contributed by atoms with Gasteiger partial charge in [-0.25, -0.2) is 4.57 Å². The van der Waals surface area contributed by atoms with Crippen molar-refractivity contribution in [2.75, 3.05) is 40.9 Å². The third kappa shape index (κ3) is 64.6. The quantitative estimate of drug-likeness (QED) is 0.0243. The number of amides is 1. The van der Waals surface area contributed by atoms with Crippen LogP contribution in [0.15, 0.2) is 109 Å². The maximum Gasteiger partial charge on any atom is 0.472 e. The molecular formula is C72H130N2O6P+. The van der Waals surface area contributed by atoms with Crippen LogP contribution in [0.3, 0.4) is 0 Å². The fraction of sp³-hybridized carbons (Fsp3) is 0.736. The van der Waals surface area contributed by atoms with Gasteiger partial charge in [0.1, 0.15) is 13.2 Å². The highest BCUT2D eigenvalue weighted by molar-refractivity contribution is 7.47. The second-order valence-electron chi connectivity index (χ2n) is 23.8. The molecule has 468 valence electrons. The Morgan fingerprint density at radius 2 is 0.741 bits per heavy atom. The van der Waals surface area contributed by atoms with Crippen molar-refractivity contribution in [2.45, 2.75) is 302 Å². The van der Waals surface area contributed by atoms with Crippen LogP contribution in [0.1, 0.15) is 290 Å². The van der Waals surface area contributed by atoms with Gasteiger partial charge in [0.2, 0.25) is 5.91 Å². The number of aliphatic hydroxyl groups excluding tert-OH is 1. The number of hydrogen-bond donors (Lipinski definition) is 3. The minimum atomic E-state index is -4.33. The molecule has 3 N–H and O–H groups in total. The number of rotatable bonds is 61. The number of phosphoric acid groups is 1. The molecule has 9 heteroatoms. The van der Waals surface area contributed by atoms with Gasteiger partial charge in [-0.2, -0.15) is 0 Å². The zero-order valence-electron chi connectivity index (χ0n) is 53.5. The highest BCUT2D eigenvalue weighted by Crippen LogP contribution is 2.43. The van der Waals surface area contributed by atoms with Crippen LogP contribution in [0.25, 0.3) is 0 Å². The Labute approximate surface area is 501 Å². The van der Waals surface area contributed by atoms with Crippen molar-refractivity contribution < 1.29 is 32.9 Å². The first-order valence-corrected chi connectivity index (χ1v) is 35.2. The Balaban J connectivity index is 4.03. The van der Waals surface area contributed by atoms with Crippen LogP contribution in [-0.4, -0.2) is 73.4 Å². The number of likely N-dealkylation sites (N-methyl/N-ethyl adjacent to an activating group) is 1. The first-order valence-electron chi connectivity index (χ1n) is 33.8. The van der Waals surface area contributed by atoms with Crippen molar-refractivity contribution in [3.05, 3.63) is 109 Å². The molecule has 0 aromatic rings. The van der Waals surface area contributed by atoms with E-state index in [4.69, 9.17) is 9.05 Å². The van der Waals surface area contributed by atoms with E-state index in [-0.39, 0.29) is 19.1 Å². The number of allylic oxidation sites excluding steroid dienone is 18. The number of unbranched alkanes of at least 4 members (excludes halogenated alkanes) is 30. The molecule has 0 bridgehead atoms. The molecule has 0 aromatic carbocycles. The van der Waals surface area contributed by atoms with Crippen LogP contribution >= 0.6 is 7.82 Å². The molecule has 8 nitrogen and oxygen atoms in total. The third-order valence-corrected chi connectivity index (χ3v) is 15.8. The SMILES string of the molecule is CC/C=C\C/C=C\C/C=C\C/C=C\C/C=C\C/C=C\C/C=C\C/C=C\C/C=C\CCCCCCCCCCCCCCCC(=O)NC(COP(=O)(O)OCC[N+](C)(C)C)C(O)CCCCCCCCCCCCCCCCCCCC. The van der Waals surface area contributed by atoms with Gasteiger partial charge in [0.25, 0.3) is 0 Å². The van der Waals surface area contributed by atoms with Crippen LogP contribution in [0, 0.1) is 0 Å². The summed E-state index contributed by atoms with van der Waals surface area (Å²) in [6.07, 6.45) is 90.3. The molecule has 0 heterocycles. The molecule has 0 saturated heterocycles. The van der Waals surface area contributed by atoms with Crippen LogP contribution in [0.2, 0.25) is 0 Å². The van der Waals surface area contributed by atoms with Crippen molar-refractivity contribution in [3.8, 4) is 0 Å². The molecule has 0 aliphatic heterocycles. The predicted molar refractivity (Wildman–Crippen MR) is 355 cm³/mol. The van der Waals surface area contributed by atoms with Gasteiger partial charge in [-0.3, -0.25) is 13.8 Å². The molecule has 0 aromatic heterocycles. The summed E-state index contributed by atoms with van der Waals surface area (Å²) in [6.45, 7) is 4.79. The van der Waals surface area contributed by atoms with Crippen molar-refractivity contribution in [3.63, 3.8) is 0 Å². The lowest BCUT2D eigenvalue weighted by molar-refractivity contribution is -0.870. The molecular weight excluding hydrogens is 1020 g/mol. The first-order chi connectivity index (χ1) is 39.5. The number of nitrogens with zero attached hydrogens (tertiary/aromatic N) is 1. The largest absolute Gasteiger partial charge is 0.472 e. The Bertz CT molecular complexity index is 1690. The summed E-state index contributed by atoms with van der Waals surface area (Å²) in [4.78, 5) is 23.4. The Morgan fingerprint density at radius 1 is 0.432 bits per heavy atom. The minimum Gasteiger partial charge on any atom is -0.391 e. The van der Waals surface area contributed by atoms with Gasteiger partial charge in [-0.1, -0.05) is 309 Å². The lowest BCUT2D eigenvalue weighted by atomic mass is 10.0. The van der Waals surface area contributed by atoms with Gasteiger partial charge >= 0.3 is 7.82 Å². The molecule has 0 radical (unpaired) electrons. The van der Waals surface area contributed by atoms with E-state index in [1.54, 1.807) is 0 Å². The zero-order chi connectivity index (χ0) is 59.1. The average molecular weight is 1150 g/mol. The predicted octanol–water partition coefficient (Wildman–Crippen LogP) is 21.5. The van der Waals surface area contributed by atoms with Gasteiger partial charge in [0.15, 0.2) is 0 Å². The summed E-state index contributed by atoms with van der Waals surface area (Å²) >= 11 is 0. The normalized spacial score (nSPS) is 14.4. The second kappa shape index (κ2) is 61.7. The number of carbonyl (C=O) groups excluding carboxylic acids is 1. The number of carbonyl (C=O) groups is 1. The fourth-order valence-corrected chi connectivity index (χ4v) is 10.3. The first kappa shape index (κ1) is 78.2. The molecule has 3 atom stereocenters. The molecule has 0 aliphatic carbocycles. The van der Waals surface area contributed by atoms with E-state index in [9.17, 15) is 19.4 Å². The van der Waals surface area contributed by atoms with E-state index in [2.05, 4.69) is 129 Å². The lowest BCUT2D eigenvalue weighted by Crippen LogP contribution is -2.46. The number of quaternary nitrogens is 1. The second-order valence-corrected chi connectivity index (χ2v) is 25.3. The summed E-state index contributed by atoms with van der Waals surface area (Å²) in [5.74, 6) is -0.146. The minimum absolute atomic E-state index is 0.0715. The number of phosphoric ester groups is 1. The van der Waals surface area contributed by atoms with E-state index in [1.165, 1.54) is 167 Å². The third-order valence-electron chi connectivity index (χ3n) is 14.8. The van der Waals surface area contributed by atoms with E-state index in [1.807, 2.05) is 21.1 Å². The van der Waals surface area contributed by atoms with Crippen molar-refractivity contribution >= 4 is 13.7 Å². The highest BCUT2D eigenvalue weighted by atomic mass is 31.2. The van der Waals surface area contributed by atoms with Gasteiger partial charge in [-0.15, -0.1) is 0 Å². The lowest BCUT2D eigenvalue weighted by Gasteiger charge is -2.26. The van der Waals surface area contributed by atoms with E-state index in [0.29, 0.717) is 23.9 Å². The highest BCUT2D eigenvalue weighted by Gasteiger charge is 2.28. The molecule has 1 amide bonds. The van der Waals surface area contributed by atoms with E-state index < -0.39 is 20.0 Å². The van der Waals surface area contributed by atoms with Gasteiger partial charge in [0.05, 0.1) is 39.9 Å². The fourth-order valence-electron chi connectivity index (χ4n) is 9.57. The monoisotopic (exact) mass is 1150 g/mol. The number of aliphatic hydroxyl groups is 1. The van der Waals surface area contributed by atoms with E-state index in [0.717, 1.165) is 96.3 Å². The number of nitrogens with one attached hydrogen (secondary N) is 1. The zero-order valence-corrected chi connectivity index (χ0v) is 54.4. The van der Waals surface area contributed by atoms with Crippen molar-refractivity contribution in [1.82, 2.24) is 5.32 Å². The summed E-state index contributed by atoms with van der Waals surface area (Å²) < 4.78 is 23.8. The maximum atomic E-state index is 13.0. The molecule has 0 saturated carbocycles. The van der Waals surface area contributed by atoms with Crippen molar-refractivity contribution in [2.24, 2.45) is 0 Å². The molecule has 0 aliphatic rings. The smallest absolute Gasteiger partial charge is 0.391 e. The molecule has 0 rings (SSSR count). The van der Waals surface area contributed by atoms with Gasteiger partial charge < -0.3 is 19.8 Å². The summed E-state index contributed by atoms with van der Waals surface area (Å²) in [5, 5.41) is 14.1. The summed E-state index contributed by atoms with van der Waals surface area (Å²) in [6, 6.07) is -0.767. The Morgan fingerprint density at radius 3 is 1.09 bits per heavy atom. The van der Waals surface area contributed by atoms with Crippen LogP contribution in [-0.2, 0) is 18.4 Å².